The Labute approximate surface area is 121 Å². The van der Waals surface area contributed by atoms with E-state index in [0.29, 0.717) is 5.56 Å². The van der Waals surface area contributed by atoms with E-state index in [1.165, 1.54) is 12.3 Å². The molecule has 2 rings (SSSR count). The van der Waals surface area contributed by atoms with E-state index in [2.05, 4.69) is 4.98 Å². The third-order valence-corrected chi connectivity index (χ3v) is 3.14. The molecular weight excluding hydrogens is 272 g/mol. The Bertz CT molecular complexity index is 671. The number of carboxylic acid groups (broad SMARTS) is 1. The van der Waals surface area contributed by atoms with Gasteiger partial charge >= 0.3 is 5.97 Å². The normalized spacial score (nSPS) is 11.9. The lowest BCUT2D eigenvalue weighted by Gasteiger charge is -2.12. The largest absolute Gasteiger partial charge is 0.481 e. The van der Waals surface area contributed by atoms with Crippen LogP contribution in [-0.4, -0.2) is 21.0 Å². The van der Waals surface area contributed by atoms with Gasteiger partial charge in [-0.15, -0.1) is 0 Å². The van der Waals surface area contributed by atoms with Gasteiger partial charge in [0.15, 0.2) is 0 Å². The Hall–Kier alpha value is -2.76. The summed E-state index contributed by atoms with van der Waals surface area (Å²) < 4.78 is 0. The molecule has 0 aliphatic rings. The van der Waals surface area contributed by atoms with Crippen LogP contribution in [0.2, 0.25) is 0 Å². The van der Waals surface area contributed by atoms with Crippen LogP contribution in [0.25, 0.3) is 0 Å². The summed E-state index contributed by atoms with van der Waals surface area (Å²) in [6.07, 6.45) is 1.61. The molecule has 0 aliphatic carbocycles. The molecule has 0 fully saturated rings. The lowest BCUT2D eigenvalue weighted by Crippen LogP contribution is -2.17. The van der Waals surface area contributed by atoms with Gasteiger partial charge in [0.25, 0.3) is 5.69 Å². The second-order valence-electron chi connectivity index (χ2n) is 4.75. The van der Waals surface area contributed by atoms with Gasteiger partial charge in [-0.2, -0.15) is 0 Å². The molecule has 0 spiro atoms. The van der Waals surface area contributed by atoms with Crippen LogP contribution < -0.4 is 0 Å². The minimum Gasteiger partial charge on any atom is -0.481 e. The molecular formula is C15H14N2O4. The van der Waals surface area contributed by atoms with Crippen LogP contribution in [0, 0.1) is 17.0 Å². The summed E-state index contributed by atoms with van der Waals surface area (Å²) in [6.45, 7) is 1.68. The summed E-state index contributed by atoms with van der Waals surface area (Å²) in [5.41, 5.74) is 1.15. The highest BCUT2D eigenvalue weighted by Gasteiger charge is 2.29. The topological polar surface area (TPSA) is 93.3 Å². The second-order valence-corrected chi connectivity index (χ2v) is 4.75. The van der Waals surface area contributed by atoms with Crippen molar-refractivity contribution in [3.63, 3.8) is 0 Å². The number of benzene rings is 1. The predicted octanol–water partition coefficient (Wildman–Crippen LogP) is 2.71. The summed E-state index contributed by atoms with van der Waals surface area (Å²) in [5.74, 6) is -2.17. The second kappa shape index (κ2) is 6.13. The Kier molecular flexibility index (Phi) is 4.27. The number of nitro groups is 1. The lowest BCUT2D eigenvalue weighted by molar-refractivity contribution is -0.386. The molecule has 0 aliphatic heterocycles. The monoisotopic (exact) mass is 286 g/mol. The molecule has 0 amide bonds. The number of hydrogen-bond donors (Lipinski definition) is 1. The van der Waals surface area contributed by atoms with Crippen LogP contribution >= 0.6 is 0 Å². The minimum atomic E-state index is -1.13. The van der Waals surface area contributed by atoms with Crippen molar-refractivity contribution in [3.8, 4) is 0 Å². The molecule has 21 heavy (non-hydrogen) atoms. The SMILES string of the molecule is Cc1cnc(C(Cc2ccccc2)C(=O)O)c([N+](=O)[O-])c1. The Morgan fingerprint density at radius 2 is 2.05 bits per heavy atom. The van der Waals surface area contributed by atoms with E-state index in [0.717, 1.165) is 5.56 Å². The Morgan fingerprint density at radius 1 is 1.38 bits per heavy atom. The smallest absolute Gasteiger partial charge is 0.313 e. The summed E-state index contributed by atoms with van der Waals surface area (Å²) in [4.78, 5) is 26.0. The van der Waals surface area contributed by atoms with Gasteiger partial charge in [0, 0.05) is 12.3 Å². The van der Waals surface area contributed by atoms with Gasteiger partial charge < -0.3 is 5.11 Å². The van der Waals surface area contributed by atoms with Gasteiger partial charge in [-0.3, -0.25) is 19.9 Å². The standard InChI is InChI=1S/C15H14N2O4/c1-10-7-13(17(20)21)14(16-9-10)12(15(18)19)8-11-5-3-2-4-6-11/h2-7,9,12H,8H2,1H3,(H,18,19). The highest BCUT2D eigenvalue weighted by molar-refractivity contribution is 5.77. The molecule has 1 aromatic carbocycles. The Morgan fingerprint density at radius 3 is 2.62 bits per heavy atom. The van der Waals surface area contributed by atoms with Gasteiger partial charge in [-0.1, -0.05) is 30.3 Å². The van der Waals surface area contributed by atoms with Crippen molar-refractivity contribution in [1.82, 2.24) is 4.98 Å². The summed E-state index contributed by atoms with van der Waals surface area (Å²) in [7, 11) is 0. The Balaban J connectivity index is 2.44. The van der Waals surface area contributed by atoms with Crippen molar-refractivity contribution < 1.29 is 14.8 Å². The van der Waals surface area contributed by atoms with Crippen LogP contribution in [0.3, 0.4) is 0 Å². The number of aryl methyl sites for hydroxylation is 1. The number of carbonyl (C=O) groups is 1. The number of aromatic nitrogens is 1. The first kappa shape index (κ1) is 14.6. The molecule has 1 aromatic heterocycles. The number of pyridine rings is 1. The number of hydrogen-bond acceptors (Lipinski definition) is 4. The molecule has 6 nitrogen and oxygen atoms in total. The van der Waals surface area contributed by atoms with Crippen LogP contribution in [0.1, 0.15) is 22.7 Å². The van der Waals surface area contributed by atoms with E-state index in [-0.39, 0.29) is 17.8 Å². The zero-order valence-corrected chi connectivity index (χ0v) is 11.4. The number of aliphatic carboxylic acids is 1. The van der Waals surface area contributed by atoms with Crippen LogP contribution in [0.15, 0.2) is 42.6 Å². The first-order valence-electron chi connectivity index (χ1n) is 6.36. The van der Waals surface area contributed by atoms with Gasteiger partial charge in [0.05, 0.1) is 4.92 Å². The molecule has 1 atom stereocenters. The van der Waals surface area contributed by atoms with Gasteiger partial charge in [-0.25, -0.2) is 0 Å². The summed E-state index contributed by atoms with van der Waals surface area (Å²) in [5, 5.41) is 20.5. The van der Waals surface area contributed by atoms with Crippen molar-refractivity contribution in [2.75, 3.05) is 0 Å². The zero-order chi connectivity index (χ0) is 15.4. The molecule has 6 heteroatoms. The van der Waals surface area contributed by atoms with Crippen molar-refractivity contribution >= 4 is 11.7 Å². The highest BCUT2D eigenvalue weighted by Crippen LogP contribution is 2.28. The fourth-order valence-corrected chi connectivity index (χ4v) is 2.13. The van der Waals surface area contributed by atoms with E-state index in [1.54, 1.807) is 31.2 Å². The van der Waals surface area contributed by atoms with Crippen molar-refractivity contribution in [3.05, 3.63) is 69.5 Å². The summed E-state index contributed by atoms with van der Waals surface area (Å²) in [6, 6.07) is 10.3. The van der Waals surface area contributed by atoms with Crippen LogP contribution in [0.5, 0.6) is 0 Å². The molecule has 1 heterocycles. The molecule has 2 aromatic rings. The van der Waals surface area contributed by atoms with Crippen LogP contribution in [0.4, 0.5) is 5.69 Å². The average molecular weight is 286 g/mol. The van der Waals surface area contributed by atoms with Crippen molar-refractivity contribution in [2.45, 2.75) is 19.3 Å². The van der Waals surface area contributed by atoms with E-state index in [4.69, 9.17) is 0 Å². The van der Waals surface area contributed by atoms with Gasteiger partial charge in [0.1, 0.15) is 11.6 Å². The van der Waals surface area contributed by atoms with E-state index < -0.39 is 16.8 Å². The van der Waals surface area contributed by atoms with Gasteiger partial charge in [0.2, 0.25) is 0 Å². The predicted molar refractivity (Wildman–Crippen MR) is 76.2 cm³/mol. The highest BCUT2D eigenvalue weighted by atomic mass is 16.6. The number of carboxylic acids is 1. The maximum absolute atomic E-state index is 11.5. The number of nitrogens with zero attached hydrogens (tertiary/aromatic N) is 2. The lowest BCUT2D eigenvalue weighted by atomic mass is 9.94. The maximum atomic E-state index is 11.5. The molecule has 1 N–H and O–H groups in total. The molecule has 0 saturated carbocycles. The van der Waals surface area contributed by atoms with E-state index in [1.807, 2.05) is 6.07 Å². The van der Waals surface area contributed by atoms with E-state index >= 15 is 0 Å². The third-order valence-electron chi connectivity index (χ3n) is 3.14. The zero-order valence-electron chi connectivity index (χ0n) is 11.4. The maximum Gasteiger partial charge on any atom is 0.313 e. The van der Waals surface area contributed by atoms with Crippen molar-refractivity contribution in [2.24, 2.45) is 0 Å². The average Bonchev–Trinajstić information content (AvgIpc) is 2.46. The van der Waals surface area contributed by atoms with Crippen molar-refractivity contribution in [1.29, 1.82) is 0 Å². The third kappa shape index (κ3) is 3.42. The molecule has 108 valence electrons. The number of rotatable bonds is 5. The summed E-state index contributed by atoms with van der Waals surface area (Å²) >= 11 is 0. The molecule has 1 unspecified atom stereocenters. The molecule has 0 bridgehead atoms. The van der Waals surface area contributed by atoms with E-state index in [9.17, 15) is 20.0 Å². The molecule has 0 radical (unpaired) electrons. The van der Waals surface area contributed by atoms with Gasteiger partial charge in [-0.05, 0) is 24.5 Å². The molecule has 0 saturated heterocycles. The first-order chi connectivity index (χ1) is 9.99. The fourth-order valence-electron chi connectivity index (χ4n) is 2.13. The quantitative estimate of drug-likeness (QED) is 0.673. The van der Waals surface area contributed by atoms with Crippen LogP contribution in [-0.2, 0) is 11.2 Å². The first-order valence-corrected chi connectivity index (χ1v) is 6.36. The minimum absolute atomic E-state index is 0.0121. The fraction of sp³-hybridized carbons (Fsp3) is 0.200.